The third-order valence-corrected chi connectivity index (χ3v) is 4.29. The minimum absolute atomic E-state index is 0.0607. The number of nitrogens with zero attached hydrogens (tertiary/aromatic N) is 2. The number of Topliss-reactive ketones (excluding diaryl/α,β-unsaturated/α-hetero) is 1. The molecule has 0 radical (unpaired) electrons. The van der Waals surface area contributed by atoms with Crippen LogP contribution in [-0.2, 0) is 4.79 Å². The number of carbonyl (C=O) groups is 1. The Kier molecular flexibility index (Phi) is 6.02. The summed E-state index contributed by atoms with van der Waals surface area (Å²) in [6, 6.07) is 12.1. The van der Waals surface area contributed by atoms with Crippen molar-refractivity contribution < 1.29 is 4.79 Å². The van der Waals surface area contributed by atoms with Gasteiger partial charge in [0, 0.05) is 6.92 Å². The second kappa shape index (κ2) is 8.02. The molecular weight excluding hydrogens is 308 g/mol. The molecule has 130 valence electrons. The Morgan fingerprint density at radius 3 is 1.56 bits per heavy atom. The van der Waals surface area contributed by atoms with Gasteiger partial charge in [-0.25, -0.2) is 4.99 Å². The van der Waals surface area contributed by atoms with Gasteiger partial charge in [-0.15, -0.1) is 0 Å². The average Bonchev–Trinajstić information content (AvgIpc) is 2.55. The number of para-hydroxylation sites is 2. The van der Waals surface area contributed by atoms with E-state index in [0.29, 0.717) is 12.1 Å². The van der Waals surface area contributed by atoms with E-state index in [1.165, 1.54) is 0 Å². The largest absolute Gasteiger partial charge is 0.293 e. The van der Waals surface area contributed by atoms with E-state index in [1.54, 1.807) is 6.92 Å². The molecule has 2 aromatic carbocycles. The number of aryl methyl sites for hydroxylation is 4. The lowest BCUT2D eigenvalue weighted by molar-refractivity contribution is -0.110. The van der Waals surface area contributed by atoms with Gasteiger partial charge in [-0.1, -0.05) is 43.3 Å². The van der Waals surface area contributed by atoms with Gasteiger partial charge in [0.2, 0.25) is 0 Å². The molecular formula is C22H26N2O. The maximum Gasteiger partial charge on any atom is 0.180 e. The standard InChI is InChI=1S/C22H26N2O/c1-7-19(23-20-14(2)10-8-11-15(20)3)22(18(6)25)24-21-16(4)12-9-13-17(21)5/h8-13H,7H2,1-6H3. The molecule has 0 aliphatic carbocycles. The fraction of sp³-hybridized carbons (Fsp3) is 0.318. The summed E-state index contributed by atoms with van der Waals surface area (Å²) in [6.07, 6.45) is 0.650. The molecule has 0 N–H and O–H groups in total. The molecule has 2 rings (SSSR count). The zero-order valence-corrected chi connectivity index (χ0v) is 16.0. The highest BCUT2D eigenvalue weighted by atomic mass is 16.1. The van der Waals surface area contributed by atoms with Gasteiger partial charge < -0.3 is 0 Å². The first-order valence-corrected chi connectivity index (χ1v) is 8.65. The number of rotatable bonds is 5. The van der Waals surface area contributed by atoms with Crippen LogP contribution in [0.4, 0.5) is 11.4 Å². The van der Waals surface area contributed by atoms with E-state index in [9.17, 15) is 4.79 Å². The van der Waals surface area contributed by atoms with Crippen molar-refractivity contribution >= 4 is 28.6 Å². The van der Waals surface area contributed by atoms with Crippen LogP contribution in [-0.4, -0.2) is 17.2 Å². The quantitative estimate of drug-likeness (QED) is 0.640. The monoisotopic (exact) mass is 334 g/mol. The Morgan fingerprint density at radius 1 is 0.800 bits per heavy atom. The molecule has 0 heterocycles. The Morgan fingerprint density at radius 2 is 1.20 bits per heavy atom. The minimum Gasteiger partial charge on any atom is -0.293 e. The van der Waals surface area contributed by atoms with Crippen molar-refractivity contribution in [2.24, 2.45) is 9.98 Å². The van der Waals surface area contributed by atoms with Crippen molar-refractivity contribution in [3.8, 4) is 0 Å². The van der Waals surface area contributed by atoms with Gasteiger partial charge in [0.05, 0.1) is 17.1 Å². The van der Waals surface area contributed by atoms with Crippen molar-refractivity contribution in [2.45, 2.75) is 48.0 Å². The predicted octanol–water partition coefficient (Wildman–Crippen LogP) is 5.76. The lowest BCUT2D eigenvalue weighted by Crippen LogP contribution is -2.21. The van der Waals surface area contributed by atoms with Gasteiger partial charge in [0.1, 0.15) is 5.71 Å². The van der Waals surface area contributed by atoms with Crippen LogP contribution in [0.5, 0.6) is 0 Å². The summed E-state index contributed by atoms with van der Waals surface area (Å²) in [5.41, 5.74) is 7.27. The van der Waals surface area contributed by atoms with E-state index >= 15 is 0 Å². The molecule has 0 atom stereocenters. The highest BCUT2D eigenvalue weighted by molar-refractivity contribution is 6.67. The number of aliphatic imine (C=N–C) groups is 2. The normalized spacial score (nSPS) is 12.4. The third-order valence-electron chi connectivity index (χ3n) is 4.29. The molecule has 0 aliphatic rings. The topological polar surface area (TPSA) is 41.8 Å². The zero-order chi connectivity index (χ0) is 18.6. The molecule has 25 heavy (non-hydrogen) atoms. The van der Waals surface area contributed by atoms with Gasteiger partial charge in [0.25, 0.3) is 0 Å². The highest BCUT2D eigenvalue weighted by Gasteiger charge is 2.15. The number of ketones is 1. The molecule has 0 unspecified atom stereocenters. The van der Waals surface area contributed by atoms with E-state index < -0.39 is 0 Å². The van der Waals surface area contributed by atoms with Gasteiger partial charge in [0.15, 0.2) is 5.78 Å². The second-order valence-electron chi connectivity index (χ2n) is 6.41. The van der Waals surface area contributed by atoms with Crippen molar-refractivity contribution in [2.75, 3.05) is 0 Å². The third kappa shape index (κ3) is 4.30. The van der Waals surface area contributed by atoms with E-state index in [2.05, 4.69) is 0 Å². The maximum atomic E-state index is 12.3. The summed E-state index contributed by atoms with van der Waals surface area (Å²) >= 11 is 0. The molecule has 0 bridgehead atoms. The predicted molar refractivity (Wildman–Crippen MR) is 107 cm³/mol. The van der Waals surface area contributed by atoms with Crippen LogP contribution < -0.4 is 0 Å². The fourth-order valence-electron chi connectivity index (χ4n) is 2.86. The van der Waals surface area contributed by atoms with Crippen LogP contribution in [0.3, 0.4) is 0 Å². The molecule has 0 aliphatic heterocycles. The van der Waals surface area contributed by atoms with Crippen molar-refractivity contribution in [1.29, 1.82) is 0 Å². The molecule has 0 amide bonds. The van der Waals surface area contributed by atoms with Gasteiger partial charge in [-0.3, -0.25) is 9.79 Å². The van der Waals surface area contributed by atoms with E-state index in [4.69, 9.17) is 9.98 Å². The maximum absolute atomic E-state index is 12.3. The van der Waals surface area contributed by atoms with Crippen LogP contribution >= 0.6 is 0 Å². The van der Waals surface area contributed by atoms with Gasteiger partial charge >= 0.3 is 0 Å². The lowest BCUT2D eigenvalue weighted by atomic mass is 10.1. The Labute approximate surface area is 150 Å². The SMILES string of the molecule is CCC(=Nc1c(C)cccc1C)C(=Nc1c(C)cccc1C)C(C)=O. The number of hydrogen-bond donors (Lipinski definition) is 0. The number of carbonyl (C=O) groups excluding carboxylic acids is 1. The lowest BCUT2D eigenvalue weighted by Gasteiger charge is -2.11. The smallest absolute Gasteiger partial charge is 0.180 e. The van der Waals surface area contributed by atoms with Crippen LogP contribution in [0, 0.1) is 27.7 Å². The van der Waals surface area contributed by atoms with Crippen LogP contribution in [0.1, 0.15) is 42.5 Å². The van der Waals surface area contributed by atoms with Crippen molar-refractivity contribution in [1.82, 2.24) is 0 Å². The van der Waals surface area contributed by atoms with Gasteiger partial charge in [-0.2, -0.15) is 0 Å². The summed E-state index contributed by atoms with van der Waals surface area (Å²) in [4.78, 5) is 21.9. The molecule has 2 aromatic rings. The number of benzene rings is 2. The number of hydrogen-bond acceptors (Lipinski definition) is 3. The first kappa shape index (κ1) is 18.8. The Bertz CT molecular complexity index is 820. The average molecular weight is 334 g/mol. The van der Waals surface area contributed by atoms with Crippen LogP contribution in [0.2, 0.25) is 0 Å². The fourth-order valence-corrected chi connectivity index (χ4v) is 2.86. The highest BCUT2D eigenvalue weighted by Crippen LogP contribution is 2.26. The summed E-state index contributed by atoms with van der Waals surface area (Å²) in [7, 11) is 0. The molecule has 0 spiro atoms. The zero-order valence-electron chi connectivity index (χ0n) is 16.0. The molecule has 0 aromatic heterocycles. The Hall–Kier alpha value is -2.55. The molecule has 3 heteroatoms. The van der Waals surface area contributed by atoms with E-state index in [1.807, 2.05) is 71.0 Å². The molecule has 0 saturated heterocycles. The molecule has 3 nitrogen and oxygen atoms in total. The minimum atomic E-state index is -0.0607. The summed E-state index contributed by atoms with van der Waals surface area (Å²) in [5.74, 6) is -0.0607. The van der Waals surface area contributed by atoms with Crippen molar-refractivity contribution in [3.63, 3.8) is 0 Å². The van der Waals surface area contributed by atoms with Gasteiger partial charge in [-0.05, 0) is 56.4 Å². The summed E-state index contributed by atoms with van der Waals surface area (Å²) in [5, 5.41) is 0. The summed E-state index contributed by atoms with van der Waals surface area (Å²) in [6.45, 7) is 11.7. The van der Waals surface area contributed by atoms with Crippen molar-refractivity contribution in [3.05, 3.63) is 58.7 Å². The molecule has 0 fully saturated rings. The first-order valence-electron chi connectivity index (χ1n) is 8.65. The second-order valence-corrected chi connectivity index (χ2v) is 6.41. The molecule has 0 saturated carbocycles. The van der Waals surface area contributed by atoms with E-state index in [-0.39, 0.29) is 5.78 Å². The first-order chi connectivity index (χ1) is 11.8. The Balaban J connectivity index is 2.64. The van der Waals surface area contributed by atoms with Crippen LogP contribution in [0.15, 0.2) is 46.4 Å². The van der Waals surface area contributed by atoms with Crippen LogP contribution in [0.25, 0.3) is 0 Å². The van der Waals surface area contributed by atoms with E-state index in [0.717, 1.165) is 39.3 Å². The summed E-state index contributed by atoms with van der Waals surface area (Å²) < 4.78 is 0.